The van der Waals surface area contributed by atoms with E-state index in [0.717, 1.165) is 17.1 Å². The van der Waals surface area contributed by atoms with Gasteiger partial charge in [0.1, 0.15) is 0 Å². The minimum Gasteiger partial charge on any atom is -0.310 e. The molecule has 1 nitrogen and oxygen atoms in total. The topological polar surface area (TPSA) is 3.24 Å². The van der Waals surface area contributed by atoms with Crippen molar-refractivity contribution in [3.8, 4) is 33.4 Å². The van der Waals surface area contributed by atoms with Crippen LogP contribution in [0.3, 0.4) is 0 Å². The Balaban J connectivity index is 1.02. The molecule has 12 aromatic rings. The van der Waals surface area contributed by atoms with Crippen LogP contribution in [-0.2, 0) is 10.8 Å². The van der Waals surface area contributed by atoms with Gasteiger partial charge in [0.15, 0.2) is 0 Å². The molecule has 0 aliphatic heterocycles. The Morgan fingerprint density at radius 1 is 0.271 bits per heavy atom. The molecule has 1 heterocycles. The van der Waals surface area contributed by atoms with Crippen LogP contribution >= 0.6 is 11.3 Å². The molecule has 2 aliphatic rings. The van der Waals surface area contributed by atoms with Crippen molar-refractivity contribution in [2.45, 2.75) is 10.8 Å². The fraction of sp³-hybridized carbons (Fsp3) is 0.0294. The number of hydrogen-bond donors (Lipinski definition) is 0. The van der Waals surface area contributed by atoms with Gasteiger partial charge in [-0.15, -0.1) is 11.3 Å². The first-order valence-electron chi connectivity index (χ1n) is 24.2. The normalized spacial score (nSPS) is 13.7. The molecule has 0 fully saturated rings. The second-order valence-electron chi connectivity index (χ2n) is 18.8. The zero-order valence-electron chi connectivity index (χ0n) is 38.3. The van der Waals surface area contributed by atoms with Gasteiger partial charge in [-0.25, -0.2) is 0 Å². The first kappa shape index (κ1) is 40.5. The Morgan fingerprint density at radius 3 is 1.17 bits per heavy atom. The van der Waals surface area contributed by atoms with Crippen molar-refractivity contribution < 1.29 is 0 Å². The van der Waals surface area contributed by atoms with Gasteiger partial charge in [0.2, 0.25) is 0 Å². The monoisotopic (exact) mass is 907 g/mol. The molecule has 0 saturated heterocycles. The van der Waals surface area contributed by atoms with E-state index in [9.17, 15) is 0 Å². The summed E-state index contributed by atoms with van der Waals surface area (Å²) in [5, 5.41) is 5.86. The first-order valence-corrected chi connectivity index (χ1v) is 25.1. The molecular weight excluding hydrogens is 863 g/mol. The second-order valence-corrected chi connectivity index (χ2v) is 19.7. The van der Waals surface area contributed by atoms with E-state index in [1.165, 1.54) is 98.7 Å². The van der Waals surface area contributed by atoms with E-state index in [4.69, 9.17) is 0 Å². The molecule has 2 aliphatic carbocycles. The lowest BCUT2D eigenvalue weighted by Gasteiger charge is -2.36. The van der Waals surface area contributed by atoms with Gasteiger partial charge in [-0.05, 0) is 160 Å². The summed E-state index contributed by atoms with van der Waals surface area (Å²) in [4.78, 5) is 2.51. The van der Waals surface area contributed by atoms with Crippen molar-refractivity contribution in [1.29, 1.82) is 0 Å². The summed E-state index contributed by atoms with van der Waals surface area (Å²) in [6, 6.07) is 100.0. The van der Waals surface area contributed by atoms with Crippen molar-refractivity contribution in [2.24, 2.45) is 0 Å². The van der Waals surface area contributed by atoms with Crippen LogP contribution in [0.15, 0.2) is 272 Å². The van der Waals surface area contributed by atoms with Gasteiger partial charge >= 0.3 is 0 Å². The van der Waals surface area contributed by atoms with E-state index in [1.807, 2.05) is 0 Å². The van der Waals surface area contributed by atoms with Crippen LogP contribution < -0.4 is 4.90 Å². The quantitative estimate of drug-likeness (QED) is 0.147. The predicted octanol–water partition coefficient (Wildman–Crippen LogP) is 17.9. The molecule has 0 N–H and O–H groups in total. The Kier molecular flexibility index (Phi) is 9.27. The van der Waals surface area contributed by atoms with E-state index < -0.39 is 10.8 Å². The van der Waals surface area contributed by atoms with Crippen molar-refractivity contribution in [3.63, 3.8) is 0 Å². The van der Waals surface area contributed by atoms with Crippen LogP contribution in [0.1, 0.15) is 44.5 Å². The van der Waals surface area contributed by atoms with Gasteiger partial charge in [0.05, 0.1) is 10.8 Å². The summed E-state index contributed by atoms with van der Waals surface area (Å²) < 4.78 is 1.31. The fourth-order valence-electron chi connectivity index (χ4n) is 12.3. The van der Waals surface area contributed by atoms with Crippen molar-refractivity contribution >= 4 is 49.3 Å². The minimum atomic E-state index is -0.544. The Labute approximate surface area is 412 Å². The number of nitrogens with zero attached hydrogens (tertiary/aromatic N) is 1. The lowest BCUT2D eigenvalue weighted by molar-refractivity contribution is 0.767. The average Bonchev–Trinajstić information content (AvgIpc) is 4.12. The van der Waals surface area contributed by atoms with Crippen LogP contribution in [0.25, 0.3) is 54.2 Å². The predicted molar refractivity (Wildman–Crippen MR) is 294 cm³/mol. The third-order valence-corrected chi connectivity index (χ3v) is 16.2. The third kappa shape index (κ3) is 5.97. The number of anilines is 3. The third-order valence-electron chi connectivity index (χ3n) is 15.3. The molecule has 1 aromatic heterocycles. The second kappa shape index (κ2) is 16.0. The number of rotatable bonds is 8. The average molecular weight is 908 g/mol. The summed E-state index contributed by atoms with van der Waals surface area (Å²) in [5.41, 5.74) is 19.9. The van der Waals surface area contributed by atoms with Crippen molar-refractivity contribution in [1.82, 2.24) is 0 Å². The molecule has 2 heteroatoms. The first-order chi connectivity index (χ1) is 34.7. The van der Waals surface area contributed by atoms with Crippen LogP contribution in [0.4, 0.5) is 17.1 Å². The maximum absolute atomic E-state index is 2.51. The molecule has 70 heavy (non-hydrogen) atoms. The Morgan fingerprint density at radius 2 is 0.657 bits per heavy atom. The molecule has 0 bridgehead atoms. The summed E-state index contributed by atoms with van der Waals surface area (Å²) in [5.74, 6) is 0. The molecule has 0 atom stereocenters. The van der Waals surface area contributed by atoms with Crippen molar-refractivity contribution in [2.75, 3.05) is 4.90 Å². The molecule has 328 valence electrons. The highest BCUT2D eigenvalue weighted by Gasteiger charge is 2.48. The zero-order valence-corrected chi connectivity index (χ0v) is 39.2. The van der Waals surface area contributed by atoms with Gasteiger partial charge in [-0.3, -0.25) is 0 Å². The highest BCUT2D eigenvalue weighted by molar-refractivity contribution is 7.17. The van der Waals surface area contributed by atoms with E-state index in [2.05, 4.69) is 277 Å². The number of hydrogen-bond acceptors (Lipinski definition) is 2. The molecule has 14 rings (SSSR count). The van der Waals surface area contributed by atoms with Crippen LogP contribution in [-0.4, -0.2) is 0 Å². The van der Waals surface area contributed by atoms with E-state index in [0.29, 0.717) is 0 Å². The van der Waals surface area contributed by atoms with Gasteiger partial charge in [0, 0.05) is 21.8 Å². The minimum absolute atomic E-state index is 0.544. The molecule has 0 unspecified atom stereocenters. The number of thiophene rings is 1. The summed E-state index contributed by atoms with van der Waals surface area (Å²) >= 11 is 1.79. The molecule has 0 radical (unpaired) electrons. The zero-order chi connectivity index (χ0) is 46.2. The van der Waals surface area contributed by atoms with E-state index in [1.54, 1.807) is 11.3 Å². The van der Waals surface area contributed by atoms with Crippen LogP contribution in [0.2, 0.25) is 0 Å². The SMILES string of the molecule is c1ccc(C2(c3ccccc3)c3ccccc3-c3ccc(N(c4ccc5c(c4)C(c4ccccc4)(c4ccccc4)c4ccccc4-5)c4ccc5cc(-c6ccc7sccc7c6)ccc5c4)cc32)cc1. The molecule has 0 spiro atoms. The standard InChI is InChI=1S/C68H45NS/c1-5-17-51(18-6-1)67(52-19-7-2-8-20-52)62-27-15-13-25-58(62)60-36-34-56(44-64(60)67)69(55-33-31-47-41-46(29-30-49(47)43-55)48-32-38-66-50(42-48)39-40-70-66)57-35-37-61-59-26-14-16-28-63(59)68(65(61)45-57,53-21-9-3-10-22-53)54-23-11-4-12-24-54/h1-45H. The van der Waals surface area contributed by atoms with Crippen LogP contribution in [0.5, 0.6) is 0 Å². The Hall–Kier alpha value is -8.56. The lowest BCUT2D eigenvalue weighted by atomic mass is 9.67. The fourth-order valence-corrected chi connectivity index (χ4v) is 13.1. The maximum Gasteiger partial charge on any atom is 0.0714 e. The Bertz CT molecular complexity index is 3690. The number of fused-ring (bicyclic) bond motifs is 8. The smallest absolute Gasteiger partial charge is 0.0714 e. The maximum atomic E-state index is 2.51. The van der Waals surface area contributed by atoms with Gasteiger partial charge in [0.25, 0.3) is 0 Å². The van der Waals surface area contributed by atoms with E-state index in [-0.39, 0.29) is 0 Å². The highest BCUT2D eigenvalue weighted by atomic mass is 32.1. The van der Waals surface area contributed by atoms with E-state index >= 15 is 0 Å². The summed E-state index contributed by atoms with van der Waals surface area (Å²) in [6.07, 6.45) is 0. The molecule has 0 saturated carbocycles. The van der Waals surface area contributed by atoms with Crippen molar-refractivity contribution in [3.05, 3.63) is 317 Å². The number of benzene rings is 11. The van der Waals surface area contributed by atoms with Gasteiger partial charge < -0.3 is 4.90 Å². The largest absolute Gasteiger partial charge is 0.310 e. The summed E-state index contributed by atoms with van der Waals surface area (Å²) in [6.45, 7) is 0. The molecule has 0 amide bonds. The summed E-state index contributed by atoms with van der Waals surface area (Å²) in [7, 11) is 0. The van der Waals surface area contributed by atoms with Crippen LogP contribution in [0, 0.1) is 0 Å². The molecular formula is C68H45NS. The van der Waals surface area contributed by atoms with Gasteiger partial charge in [-0.1, -0.05) is 206 Å². The van der Waals surface area contributed by atoms with Gasteiger partial charge in [-0.2, -0.15) is 0 Å². The highest BCUT2D eigenvalue weighted by Crippen LogP contribution is 2.59. The molecule has 11 aromatic carbocycles. The lowest BCUT2D eigenvalue weighted by Crippen LogP contribution is -2.29.